The minimum absolute atomic E-state index is 0.175. The Hall–Kier alpha value is -3.22. The molecular weight excluding hydrogens is 323 g/mol. The molecule has 0 radical (unpaired) electrons. The summed E-state index contributed by atoms with van der Waals surface area (Å²) >= 11 is 0. The van der Waals surface area contributed by atoms with Gasteiger partial charge in [-0.1, -0.05) is 24.3 Å². The predicted molar refractivity (Wildman–Crippen MR) is 89.8 cm³/mol. The molecule has 0 aliphatic heterocycles. The van der Waals surface area contributed by atoms with E-state index in [1.165, 1.54) is 12.4 Å². The van der Waals surface area contributed by atoms with Gasteiger partial charge in [-0.3, -0.25) is 4.79 Å². The van der Waals surface area contributed by atoms with E-state index in [0.29, 0.717) is 12.1 Å². The Kier molecular flexibility index (Phi) is 5.36. The molecule has 7 heteroatoms. The molecule has 1 heterocycles. The summed E-state index contributed by atoms with van der Waals surface area (Å²) < 4.78 is 20.4. The zero-order chi connectivity index (χ0) is 17.5. The third kappa shape index (κ3) is 4.63. The molecule has 25 heavy (non-hydrogen) atoms. The van der Waals surface area contributed by atoms with Gasteiger partial charge in [-0.15, -0.1) is 0 Å². The molecule has 1 N–H and O–H groups in total. The molecule has 0 atom stereocenters. The summed E-state index contributed by atoms with van der Waals surface area (Å²) in [5.74, 6) is -0.449. The number of halogens is 1. The zero-order valence-electron chi connectivity index (χ0n) is 13.4. The maximum Gasteiger partial charge on any atom is 0.251 e. The van der Waals surface area contributed by atoms with Gasteiger partial charge < -0.3 is 10.1 Å². The number of hydrogen-bond acceptors (Lipinski definition) is 4. The first kappa shape index (κ1) is 16.6. The quantitative estimate of drug-likeness (QED) is 0.670. The monoisotopic (exact) mass is 340 g/mol. The van der Waals surface area contributed by atoms with E-state index in [2.05, 4.69) is 15.4 Å². The molecule has 0 spiro atoms. The second-order valence-corrected chi connectivity index (χ2v) is 5.32. The third-order valence-corrected chi connectivity index (χ3v) is 3.51. The van der Waals surface area contributed by atoms with E-state index in [1.807, 2.05) is 12.1 Å². The van der Waals surface area contributed by atoms with Gasteiger partial charge in [0.15, 0.2) is 11.6 Å². The van der Waals surface area contributed by atoms with Gasteiger partial charge >= 0.3 is 0 Å². The van der Waals surface area contributed by atoms with Gasteiger partial charge in [0.2, 0.25) is 0 Å². The van der Waals surface area contributed by atoms with E-state index < -0.39 is 5.82 Å². The van der Waals surface area contributed by atoms with Crippen LogP contribution in [-0.4, -0.2) is 33.8 Å². The fourth-order valence-corrected chi connectivity index (χ4v) is 2.25. The van der Waals surface area contributed by atoms with E-state index in [1.54, 1.807) is 41.3 Å². The number of amides is 1. The molecule has 128 valence electrons. The lowest BCUT2D eigenvalue weighted by molar-refractivity contribution is 0.0946. The highest BCUT2D eigenvalue weighted by Gasteiger charge is 2.06. The van der Waals surface area contributed by atoms with E-state index in [-0.39, 0.29) is 24.8 Å². The van der Waals surface area contributed by atoms with E-state index >= 15 is 0 Å². The first-order valence-corrected chi connectivity index (χ1v) is 7.79. The molecule has 0 unspecified atom stereocenters. The predicted octanol–water partition coefficient (Wildman–Crippen LogP) is 2.27. The number of carbonyl (C=O) groups is 1. The summed E-state index contributed by atoms with van der Waals surface area (Å²) in [5, 5.41) is 6.78. The van der Waals surface area contributed by atoms with Crippen molar-refractivity contribution in [3.05, 3.63) is 78.1 Å². The van der Waals surface area contributed by atoms with Crippen molar-refractivity contribution in [2.24, 2.45) is 0 Å². The molecule has 0 aliphatic carbocycles. The highest BCUT2D eigenvalue weighted by Crippen LogP contribution is 2.14. The van der Waals surface area contributed by atoms with Gasteiger partial charge in [0.25, 0.3) is 5.91 Å². The summed E-state index contributed by atoms with van der Waals surface area (Å²) in [6.07, 6.45) is 3.11. The van der Waals surface area contributed by atoms with Crippen LogP contribution in [0.3, 0.4) is 0 Å². The van der Waals surface area contributed by atoms with Crippen LogP contribution in [0.2, 0.25) is 0 Å². The maximum absolute atomic E-state index is 13.4. The van der Waals surface area contributed by atoms with Crippen molar-refractivity contribution in [2.75, 3.05) is 13.2 Å². The number of nitrogens with one attached hydrogen (secondary N) is 1. The normalized spacial score (nSPS) is 10.4. The molecule has 1 amide bonds. The number of para-hydroxylation sites is 1. The van der Waals surface area contributed by atoms with Crippen LogP contribution in [0.15, 0.2) is 61.2 Å². The Morgan fingerprint density at radius 1 is 1.16 bits per heavy atom. The third-order valence-electron chi connectivity index (χ3n) is 3.51. The number of rotatable bonds is 7. The second-order valence-electron chi connectivity index (χ2n) is 5.32. The van der Waals surface area contributed by atoms with Crippen LogP contribution in [0.1, 0.15) is 15.9 Å². The fraction of sp³-hybridized carbons (Fsp3) is 0.167. The van der Waals surface area contributed by atoms with Gasteiger partial charge in [0, 0.05) is 5.56 Å². The zero-order valence-corrected chi connectivity index (χ0v) is 13.4. The largest absolute Gasteiger partial charge is 0.489 e. The molecule has 2 aromatic carbocycles. The van der Waals surface area contributed by atoms with Crippen LogP contribution >= 0.6 is 0 Å². The molecular formula is C18H17FN4O2. The van der Waals surface area contributed by atoms with E-state index in [9.17, 15) is 9.18 Å². The van der Waals surface area contributed by atoms with E-state index in [0.717, 1.165) is 5.56 Å². The van der Waals surface area contributed by atoms with Gasteiger partial charge in [0.1, 0.15) is 19.3 Å². The average molecular weight is 340 g/mol. The molecule has 0 saturated heterocycles. The van der Waals surface area contributed by atoms with Crippen LogP contribution in [0.5, 0.6) is 5.75 Å². The van der Waals surface area contributed by atoms with Crippen molar-refractivity contribution in [2.45, 2.75) is 6.54 Å². The van der Waals surface area contributed by atoms with Gasteiger partial charge in [-0.05, 0) is 29.8 Å². The Morgan fingerprint density at radius 3 is 2.68 bits per heavy atom. The first-order chi connectivity index (χ1) is 12.2. The average Bonchev–Trinajstić information content (AvgIpc) is 3.13. The molecule has 0 aliphatic rings. The first-order valence-electron chi connectivity index (χ1n) is 7.79. The van der Waals surface area contributed by atoms with Crippen molar-refractivity contribution in [1.29, 1.82) is 0 Å². The van der Waals surface area contributed by atoms with Crippen molar-refractivity contribution in [1.82, 2.24) is 20.1 Å². The van der Waals surface area contributed by atoms with Crippen molar-refractivity contribution in [3.8, 4) is 5.75 Å². The second kappa shape index (κ2) is 8.05. The summed E-state index contributed by atoms with van der Waals surface area (Å²) in [4.78, 5) is 16.0. The lowest BCUT2D eigenvalue weighted by Gasteiger charge is -2.09. The highest BCUT2D eigenvalue weighted by molar-refractivity contribution is 5.94. The number of nitrogens with zero attached hydrogens (tertiary/aromatic N) is 3. The Balaban J connectivity index is 1.45. The van der Waals surface area contributed by atoms with Gasteiger partial charge in [-0.25, -0.2) is 14.1 Å². The topological polar surface area (TPSA) is 69.0 Å². The van der Waals surface area contributed by atoms with Gasteiger partial charge in [0.05, 0.1) is 13.1 Å². The van der Waals surface area contributed by atoms with Crippen LogP contribution in [0.25, 0.3) is 0 Å². The van der Waals surface area contributed by atoms with Crippen LogP contribution in [0, 0.1) is 5.82 Å². The minimum atomic E-state index is -0.420. The SMILES string of the molecule is O=C(NCCOc1ccccc1F)c1ccc(Cn2cncn2)cc1. The molecule has 1 aromatic heterocycles. The summed E-state index contributed by atoms with van der Waals surface area (Å²) in [6, 6.07) is 13.4. The van der Waals surface area contributed by atoms with Crippen molar-refractivity contribution in [3.63, 3.8) is 0 Å². The Labute approximate surface area is 144 Å². The van der Waals surface area contributed by atoms with Crippen LogP contribution < -0.4 is 10.1 Å². The van der Waals surface area contributed by atoms with Crippen LogP contribution in [-0.2, 0) is 6.54 Å². The summed E-state index contributed by atoms with van der Waals surface area (Å²) in [5.41, 5.74) is 1.57. The van der Waals surface area contributed by atoms with Crippen LogP contribution in [0.4, 0.5) is 4.39 Å². The number of hydrogen-bond donors (Lipinski definition) is 1. The van der Waals surface area contributed by atoms with Crippen molar-refractivity contribution < 1.29 is 13.9 Å². The Bertz CT molecular complexity index is 819. The minimum Gasteiger partial charge on any atom is -0.489 e. The maximum atomic E-state index is 13.4. The lowest BCUT2D eigenvalue weighted by atomic mass is 10.1. The van der Waals surface area contributed by atoms with Gasteiger partial charge in [-0.2, -0.15) is 5.10 Å². The number of benzene rings is 2. The molecule has 3 aromatic rings. The molecule has 0 saturated carbocycles. The number of ether oxygens (including phenoxy) is 1. The highest BCUT2D eigenvalue weighted by atomic mass is 19.1. The summed E-state index contributed by atoms with van der Waals surface area (Å²) in [6.45, 7) is 1.07. The molecule has 0 fully saturated rings. The lowest BCUT2D eigenvalue weighted by Crippen LogP contribution is -2.28. The summed E-state index contributed by atoms with van der Waals surface area (Å²) in [7, 11) is 0. The molecule has 0 bridgehead atoms. The van der Waals surface area contributed by atoms with Crippen molar-refractivity contribution >= 4 is 5.91 Å². The molecule has 3 rings (SSSR count). The number of aromatic nitrogens is 3. The number of carbonyl (C=O) groups excluding carboxylic acids is 1. The smallest absolute Gasteiger partial charge is 0.251 e. The standard InChI is InChI=1S/C18H17FN4O2/c19-16-3-1-2-4-17(16)25-10-9-21-18(24)15-7-5-14(6-8-15)11-23-13-20-12-22-23/h1-8,12-13H,9-11H2,(H,21,24). The Morgan fingerprint density at radius 2 is 1.96 bits per heavy atom. The van der Waals surface area contributed by atoms with E-state index in [4.69, 9.17) is 4.74 Å². The molecule has 6 nitrogen and oxygen atoms in total. The fourth-order valence-electron chi connectivity index (χ4n) is 2.25.